The Morgan fingerprint density at radius 3 is 2.14 bits per heavy atom. The van der Waals surface area contributed by atoms with Crippen LogP contribution in [0.2, 0.25) is 0 Å². The van der Waals surface area contributed by atoms with Gasteiger partial charge in [0, 0.05) is 0 Å². The molecule has 2 amide bonds. The minimum atomic E-state index is -0.198. The molecule has 1 aliphatic heterocycles. The number of ether oxygens (including phenoxy) is 1. The summed E-state index contributed by atoms with van der Waals surface area (Å²) in [6, 6.07) is 27.8. The van der Waals surface area contributed by atoms with Crippen LogP contribution in [0.3, 0.4) is 0 Å². The second-order valence-corrected chi connectivity index (χ2v) is 6.73. The van der Waals surface area contributed by atoms with Crippen molar-refractivity contribution >= 4 is 11.7 Å². The summed E-state index contributed by atoms with van der Waals surface area (Å²) < 4.78 is 5.27. The van der Waals surface area contributed by atoms with Gasteiger partial charge in [0.05, 0.1) is 18.8 Å². The van der Waals surface area contributed by atoms with Crippen molar-refractivity contribution in [2.75, 3.05) is 7.11 Å². The molecule has 0 saturated carbocycles. The number of rotatable bonds is 5. The van der Waals surface area contributed by atoms with E-state index in [1.807, 2.05) is 72.8 Å². The number of methoxy groups -OCH3 is 1. The molecule has 140 valence electrons. The molecule has 0 aromatic heterocycles. The van der Waals surface area contributed by atoms with Crippen LogP contribution in [-0.2, 0) is 6.42 Å². The summed E-state index contributed by atoms with van der Waals surface area (Å²) in [4.78, 5) is 12.5. The Bertz CT molecular complexity index is 980. The fourth-order valence-electron chi connectivity index (χ4n) is 3.54. The van der Waals surface area contributed by atoms with E-state index in [1.165, 1.54) is 5.56 Å². The highest BCUT2D eigenvalue weighted by Gasteiger charge is 2.28. The van der Waals surface area contributed by atoms with Gasteiger partial charge in [-0.15, -0.1) is 0 Å². The SMILES string of the molecule is COc1ccc(C2=C(Cc3ccccc3)[C@@H](c3ccccc3)NC(=O)N2)cc1. The van der Waals surface area contributed by atoms with E-state index in [-0.39, 0.29) is 12.1 Å². The van der Waals surface area contributed by atoms with Crippen LogP contribution < -0.4 is 15.4 Å². The van der Waals surface area contributed by atoms with Crippen LogP contribution in [0, 0.1) is 0 Å². The second-order valence-electron chi connectivity index (χ2n) is 6.73. The number of hydrogen-bond acceptors (Lipinski definition) is 2. The van der Waals surface area contributed by atoms with Crippen molar-refractivity contribution in [3.8, 4) is 5.75 Å². The average Bonchev–Trinajstić information content (AvgIpc) is 2.76. The number of nitrogens with one attached hydrogen (secondary N) is 2. The van der Waals surface area contributed by atoms with E-state index in [4.69, 9.17) is 4.74 Å². The molecule has 4 heteroatoms. The van der Waals surface area contributed by atoms with Gasteiger partial charge in [-0.1, -0.05) is 60.7 Å². The molecule has 1 heterocycles. The van der Waals surface area contributed by atoms with E-state index >= 15 is 0 Å². The molecule has 0 radical (unpaired) electrons. The van der Waals surface area contributed by atoms with Crippen molar-refractivity contribution in [1.82, 2.24) is 10.6 Å². The highest BCUT2D eigenvalue weighted by Crippen LogP contribution is 2.33. The molecule has 0 fully saturated rings. The average molecular weight is 370 g/mol. The number of urea groups is 1. The van der Waals surface area contributed by atoms with E-state index in [0.29, 0.717) is 0 Å². The molecule has 0 saturated heterocycles. The topological polar surface area (TPSA) is 50.4 Å². The maximum atomic E-state index is 12.5. The predicted molar refractivity (Wildman–Crippen MR) is 111 cm³/mol. The Kier molecular flexibility index (Phi) is 5.11. The van der Waals surface area contributed by atoms with Gasteiger partial charge < -0.3 is 15.4 Å². The highest BCUT2D eigenvalue weighted by molar-refractivity contribution is 5.90. The van der Waals surface area contributed by atoms with Crippen LogP contribution in [0.15, 0.2) is 90.5 Å². The zero-order valence-corrected chi connectivity index (χ0v) is 15.7. The smallest absolute Gasteiger partial charge is 0.319 e. The Morgan fingerprint density at radius 2 is 1.50 bits per heavy atom. The summed E-state index contributed by atoms with van der Waals surface area (Å²) in [6.45, 7) is 0. The summed E-state index contributed by atoms with van der Waals surface area (Å²) in [5.41, 5.74) is 5.20. The third-order valence-corrected chi connectivity index (χ3v) is 4.93. The molecule has 2 N–H and O–H groups in total. The molecule has 28 heavy (non-hydrogen) atoms. The lowest BCUT2D eigenvalue weighted by molar-refractivity contribution is 0.240. The molecule has 0 aliphatic carbocycles. The van der Waals surface area contributed by atoms with Gasteiger partial charge in [-0.25, -0.2) is 4.79 Å². The Labute approximate surface area is 164 Å². The van der Waals surface area contributed by atoms with Crippen molar-refractivity contribution in [1.29, 1.82) is 0 Å². The molecule has 0 unspecified atom stereocenters. The van der Waals surface area contributed by atoms with E-state index in [2.05, 4.69) is 22.8 Å². The van der Waals surface area contributed by atoms with E-state index < -0.39 is 0 Å². The van der Waals surface area contributed by atoms with Crippen LogP contribution in [-0.4, -0.2) is 13.1 Å². The third-order valence-electron chi connectivity index (χ3n) is 4.93. The van der Waals surface area contributed by atoms with Crippen molar-refractivity contribution in [2.24, 2.45) is 0 Å². The van der Waals surface area contributed by atoms with Crippen LogP contribution in [0.25, 0.3) is 5.70 Å². The summed E-state index contributed by atoms with van der Waals surface area (Å²) in [5, 5.41) is 6.12. The Morgan fingerprint density at radius 1 is 0.857 bits per heavy atom. The van der Waals surface area contributed by atoms with Gasteiger partial charge in [0.1, 0.15) is 5.75 Å². The molecule has 4 rings (SSSR count). The van der Waals surface area contributed by atoms with Gasteiger partial charge in [0.25, 0.3) is 0 Å². The predicted octanol–water partition coefficient (Wildman–Crippen LogP) is 4.70. The molecular weight excluding hydrogens is 348 g/mol. The Balaban J connectivity index is 1.84. The fourth-order valence-corrected chi connectivity index (χ4v) is 3.54. The molecule has 0 bridgehead atoms. The number of benzene rings is 3. The van der Waals surface area contributed by atoms with Gasteiger partial charge >= 0.3 is 6.03 Å². The summed E-state index contributed by atoms with van der Waals surface area (Å²) in [5.74, 6) is 0.786. The van der Waals surface area contributed by atoms with E-state index in [9.17, 15) is 4.79 Å². The lowest BCUT2D eigenvalue weighted by atomic mass is 9.88. The van der Waals surface area contributed by atoms with Crippen molar-refractivity contribution < 1.29 is 9.53 Å². The quantitative estimate of drug-likeness (QED) is 0.684. The van der Waals surface area contributed by atoms with E-state index in [1.54, 1.807) is 7.11 Å². The molecule has 4 nitrogen and oxygen atoms in total. The van der Waals surface area contributed by atoms with Gasteiger partial charge in [0.2, 0.25) is 0 Å². The summed E-state index contributed by atoms with van der Waals surface area (Å²) >= 11 is 0. The fraction of sp³-hybridized carbons (Fsp3) is 0.125. The normalized spacial score (nSPS) is 16.3. The number of carbonyl (C=O) groups excluding carboxylic acids is 1. The van der Waals surface area contributed by atoms with Crippen molar-refractivity contribution in [3.05, 3.63) is 107 Å². The first-order valence-electron chi connectivity index (χ1n) is 9.28. The zero-order chi connectivity index (χ0) is 19.3. The van der Waals surface area contributed by atoms with Gasteiger partial charge in [-0.05, 0) is 52.9 Å². The minimum absolute atomic E-state index is 0.188. The largest absolute Gasteiger partial charge is 0.497 e. The maximum absolute atomic E-state index is 12.5. The molecule has 3 aromatic carbocycles. The maximum Gasteiger partial charge on any atom is 0.319 e. The highest BCUT2D eigenvalue weighted by atomic mass is 16.5. The standard InChI is InChI=1S/C24H22N2O2/c1-28-20-14-12-19(13-15-20)23-21(16-17-8-4-2-5-9-17)22(25-24(27)26-23)18-10-6-3-7-11-18/h2-15,22H,16H2,1H3,(H2,25,26,27)/t22-/m1/s1. The van der Waals surface area contributed by atoms with Gasteiger partial charge in [0.15, 0.2) is 0 Å². The first kappa shape index (κ1) is 17.9. The lowest BCUT2D eigenvalue weighted by Crippen LogP contribution is -2.43. The number of carbonyl (C=O) groups is 1. The summed E-state index contributed by atoms with van der Waals surface area (Å²) in [7, 11) is 1.65. The van der Waals surface area contributed by atoms with Crippen LogP contribution in [0.5, 0.6) is 5.75 Å². The van der Waals surface area contributed by atoms with Crippen LogP contribution in [0.1, 0.15) is 22.7 Å². The lowest BCUT2D eigenvalue weighted by Gasteiger charge is -2.31. The molecule has 3 aromatic rings. The Hall–Kier alpha value is -3.53. The van der Waals surface area contributed by atoms with Crippen molar-refractivity contribution in [3.63, 3.8) is 0 Å². The molecular formula is C24H22N2O2. The zero-order valence-electron chi connectivity index (χ0n) is 15.7. The molecule has 0 spiro atoms. The number of hydrogen-bond donors (Lipinski definition) is 2. The van der Waals surface area contributed by atoms with Gasteiger partial charge in [-0.2, -0.15) is 0 Å². The van der Waals surface area contributed by atoms with Gasteiger partial charge in [-0.3, -0.25) is 0 Å². The minimum Gasteiger partial charge on any atom is -0.497 e. The monoisotopic (exact) mass is 370 g/mol. The first-order chi connectivity index (χ1) is 13.7. The van der Waals surface area contributed by atoms with Crippen molar-refractivity contribution in [2.45, 2.75) is 12.5 Å². The van der Waals surface area contributed by atoms with Crippen LogP contribution in [0.4, 0.5) is 4.79 Å². The molecule has 1 atom stereocenters. The van der Waals surface area contributed by atoms with Crippen LogP contribution >= 0.6 is 0 Å². The third kappa shape index (κ3) is 3.76. The summed E-state index contributed by atoms with van der Waals surface area (Å²) in [6.07, 6.45) is 0.731. The first-order valence-corrected chi connectivity index (χ1v) is 9.28. The molecule has 1 aliphatic rings. The number of amides is 2. The second kappa shape index (κ2) is 8.01. The van der Waals surface area contributed by atoms with E-state index in [0.717, 1.165) is 34.6 Å².